The van der Waals surface area contributed by atoms with E-state index < -0.39 is 0 Å². The van der Waals surface area contributed by atoms with Crippen molar-refractivity contribution < 1.29 is 9.47 Å². The molecule has 23 heavy (non-hydrogen) atoms. The summed E-state index contributed by atoms with van der Waals surface area (Å²) >= 11 is 0. The Kier molecular flexibility index (Phi) is 4.14. The SMILES string of the molecule is C1=C(c2ccccc2OCc2ccccc2)CC2COCC1N2. The maximum absolute atomic E-state index is 6.11. The molecule has 0 spiro atoms. The van der Waals surface area contributed by atoms with E-state index in [0.29, 0.717) is 18.7 Å². The summed E-state index contributed by atoms with van der Waals surface area (Å²) < 4.78 is 11.7. The zero-order valence-corrected chi connectivity index (χ0v) is 13.1. The number of hydrogen-bond acceptors (Lipinski definition) is 3. The van der Waals surface area contributed by atoms with E-state index in [1.165, 1.54) is 16.7 Å². The lowest BCUT2D eigenvalue weighted by molar-refractivity contribution is 0.0561. The van der Waals surface area contributed by atoms with Crippen LogP contribution in [0, 0.1) is 0 Å². The van der Waals surface area contributed by atoms with Gasteiger partial charge >= 0.3 is 0 Å². The van der Waals surface area contributed by atoms with Gasteiger partial charge in [-0.3, -0.25) is 0 Å². The predicted molar refractivity (Wildman–Crippen MR) is 91.3 cm³/mol. The van der Waals surface area contributed by atoms with E-state index in [0.717, 1.165) is 25.4 Å². The number of para-hydroxylation sites is 1. The molecule has 0 saturated carbocycles. The lowest BCUT2D eigenvalue weighted by Crippen LogP contribution is -2.50. The first-order chi connectivity index (χ1) is 11.4. The van der Waals surface area contributed by atoms with Gasteiger partial charge in [-0.25, -0.2) is 0 Å². The quantitative estimate of drug-likeness (QED) is 0.939. The summed E-state index contributed by atoms with van der Waals surface area (Å²) in [6.07, 6.45) is 3.28. The van der Waals surface area contributed by atoms with Crippen molar-refractivity contribution in [1.82, 2.24) is 5.32 Å². The Labute approximate surface area is 136 Å². The average molecular weight is 307 g/mol. The van der Waals surface area contributed by atoms with E-state index in [-0.39, 0.29) is 0 Å². The Morgan fingerprint density at radius 3 is 2.70 bits per heavy atom. The second-order valence-electron chi connectivity index (χ2n) is 6.17. The molecule has 1 saturated heterocycles. The van der Waals surface area contributed by atoms with E-state index in [1.54, 1.807) is 0 Å². The van der Waals surface area contributed by atoms with Crippen LogP contribution in [0.3, 0.4) is 0 Å². The molecule has 0 radical (unpaired) electrons. The first-order valence-corrected chi connectivity index (χ1v) is 8.19. The first kappa shape index (κ1) is 14.5. The number of hydrogen-bond donors (Lipinski definition) is 1. The van der Waals surface area contributed by atoms with Gasteiger partial charge in [0.05, 0.1) is 13.2 Å². The Hall–Kier alpha value is -2.10. The minimum Gasteiger partial charge on any atom is -0.488 e. The molecule has 3 nitrogen and oxygen atoms in total. The molecular formula is C20H21NO2. The summed E-state index contributed by atoms with van der Waals surface area (Å²) in [7, 11) is 0. The molecule has 1 fully saturated rings. The van der Waals surface area contributed by atoms with Crippen molar-refractivity contribution >= 4 is 5.57 Å². The molecule has 2 aliphatic rings. The summed E-state index contributed by atoms with van der Waals surface area (Å²) in [5, 5.41) is 3.59. The minimum atomic E-state index is 0.319. The fourth-order valence-corrected chi connectivity index (χ4v) is 3.32. The van der Waals surface area contributed by atoms with Crippen LogP contribution in [0.2, 0.25) is 0 Å². The van der Waals surface area contributed by atoms with Crippen LogP contribution in [0.1, 0.15) is 17.5 Å². The van der Waals surface area contributed by atoms with Gasteiger partial charge in [0, 0.05) is 17.6 Å². The van der Waals surface area contributed by atoms with Crippen LogP contribution in [0.5, 0.6) is 5.75 Å². The third kappa shape index (κ3) is 3.31. The van der Waals surface area contributed by atoms with Gasteiger partial charge in [-0.15, -0.1) is 0 Å². The second-order valence-corrected chi connectivity index (χ2v) is 6.17. The van der Waals surface area contributed by atoms with Crippen molar-refractivity contribution in [2.75, 3.05) is 13.2 Å². The highest BCUT2D eigenvalue weighted by Gasteiger charge is 2.27. The summed E-state index contributed by atoms with van der Waals surface area (Å²) in [5.41, 5.74) is 3.76. The summed E-state index contributed by atoms with van der Waals surface area (Å²) in [6.45, 7) is 2.15. The maximum Gasteiger partial charge on any atom is 0.127 e. The standard InChI is InChI=1S/C20H21NO2/c1-2-6-15(7-3-1)12-23-20-9-5-4-8-19(20)16-10-17-13-22-14-18(11-16)21-17/h1-10,17-18,21H,11-14H2. The Balaban J connectivity index is 1.56. The fourth-order valence-electron chi connectivity index (χ4n) is 3.32. The highest BCUT2D eigenvalue weighted by atomic mass is 16.5. The van der Waals surface area contributed by atoms with Crippen LogP contribution in [0.25, 0.3) is 5.57 Å². The molecule has 2 heterocycles. The zero-order valence-electron chi connectivity index (χ0n) is 13.1. The molecule has 4 rings (SSSR count). The molecule has 2 atom stereocenters. The Morgan fingerprint density at radius 2 is 1.83 bits per heavy atom. The molecule has 2 aromatic carbocycles. The maximum atomic E-state index is 6.11. The minimum absolute atomic E-state index is 0.319. The smallest absolute Gasteiger partial charge is 0.127 e. The molecule has 3 heteroatoms. The van der Waals surface area contributed by atoms with E-state index >= 15 is 0 Å². The molecule has 0 aromatic heterocycles. The third-order valence-corrected chi connectivity index (χ3v) is 4.41. The first-order valence-electron chi connectivity index (χ1n) is 8.19. The molecule has 1 N–H and O–H groups in total. The van der Waals surface area contributed by atoms with Crippen molar-refractivity contribution in [1.29, 1.82) is 0 Å². The van der Waals surface area contributed by atoms with Gasteiger partial charge in [-0.05, 0) is 23.6 Å². The molecule has 0 amide bonds. The van der Waals surface area contributed by atoms with E-state index in [1.807, 2.05) is 24.3 Å². The molecule has 0 aliphatic carbocycles. The van der Waals surface area contributed by atoms with Crippen LogP contribution in [0.4, 0.5) is 0 Å². The highest BCUT2D eigenvalue weighted by molar-refractivity contribution is 5.72. The van der Waals surface area contributed by atoms with Gasteiger partial charge in [-0.1, -0.05) is 54.6 Å². The molecule has 118 valence electrons. The summed E-state index contributed by atoms with van der Waals surface area (Å²) in [5.74, 6) is 0.962. The van der Waals surface area contributed by atoms with Crippen LogP contribution < -0.4 is 10.1 Å². The van der Waals surface area contributed by atoms with E-state index in [9.17, 15) is 0 Å². The number of benzene rings is 2. The largest absolute Gasteiger partial charge is 0.488 e. The number of morpholine rings is 1. The molecule has 2 unspecified atom stereocenters. The fraction of sp³-hybridized carbons (Fsp3) is 0.300. The monoisotopic (exact) mass is 307 g/mol. The van der Waals surface area contributed by atoms with Crippen LogP contribution in [0.15, 0.2) is 60.7 Å². The normalized spacial score (nSPS) is 23.2. The molecular weight excluding hydrogens is 286 g/mol. The molecule has 2 aromatic rings. The molecule has 2 aliphatic heterocycles. The van der Waals surface area contributed by atoms with Crippen molar-refractivity contribution in [3.63, 3.8) is 0 Å². The van der Waals surface area contributed by atoms with Crippen molar-refractivity contribution in [2.45, 2.75) is 25.1 Å². The molecule has 2 bridgehead atoms. The number of rotatable bonds is 4. The van der Waals surface area contributed by atoms with Gasteiger partial charge in [0.25, 0.3) is 0 Å². The van der Waals surface area contributed by atoms with Crippen LogP contribution in [-0.2, 0) is 11.3 Å². The van der Waals surface area contributed by atoms with Gasteiger partial charge in [0.1, 0.15) is 12.4 Å². The summed E-state index contributed by atoms with van der Waals surface area (Å²) in [4.78, 5) is 0. The van der Waals surface area contributed by atoms with Crippen LogP contribution >= 0.6 is 0 Å². The number of ether oxygens (including phenoxy) is 2. The van der Waals surface area contributed by atoms with Gasteiger partial charge < -0.3 is 14.8 Å². The Morgan fingerprint density at radius 1 is 1.00 bits per heavy atom. The van der Waals surface area contributed by atoms with Gasteiger partial charge in [0.15, 0.2) is 0 Å². The van der Waals surface area contributed by atoms with E-state index in [2.05, 4.69) is 41.7 Å². The average Bonchev–Trinajstić information content (AvgIpc) is 2.61. The predicted octanol–water partition coefficient (Wildman–Crippen LogP) is 3.41. The number of fused-ring (bicyclic) bond motifs is 2. The lowest BCUT2D eigenvalue weighted by Gasteiger charge is -2.35. The highest BCUT2D eigenvalue weighted by Crippen LogP contribution is 2.33. The summed E-state index contributed by atoms with van der Waals surface area (Å²) in [6, 6.07) is 19.4. The third-order valence-electron chi connectivity index (χ3n) is 4.41. The van der Waals surface area contributed by atoms with Gasteiger partial charge in [0.2, 0.25) is 0 Å². The number of nitrogens with one attached hydrogen (secondary N) is 1. The Bertz CT molecular complexity index is 696. The van der Waals surface area contributed by atoms with Crippen molar-refractivity contribution in [2.24, 2.45) is 0 Å². The van der Waals surface area contributed by atoms with Crippen molar-refractivity contribution in [3.05, 3.63) is 71.8 Å². The van der Waals surface area contributed by atoms with E-state index in [4.69, 9.17) is 9.47 Å². The van der Waals surface area contributed by atoms with Crippen molar-refractivity contribution in [3.8, 4) is 5.75 Å². The zero-order chi connectivity index (χ0) is 15.5. The lowest BCUT2D eigenvalue weighted by atomic mass is 9.91. The van der Waals surface area contributed by atoms with Gasteiger partial charge in [-0.2, -0.15) is 0 Å². The second kappa shape index (κ2) is 6.57. The topological polar surface area (TPSA) is 30.5 Å². The van der Waals surface area contributed by atoms with Crippen LogP contribution in [-0.4, -0.2) is 25.3 Å².